The van der Waals surface area contributed by atoms with Crippen LogP contribution in [0.2, 0.25) is 0 Å². The van der Waals surface area contributed by atoms with Crippen molar-refractivity contribution >= 4 is 29.2 Å². The highest BCUT2D eigenvalue weighted by atomic mass is 19.1. The number of rotatable bonds is 2. The van der Waals surface area contributed by atoms with Gasteiger partial charge in [-0.25, -0.2) is 9.18 Å². The van der Waals surface area contributed by atoms with Gasteiger partial charge in [0.25, 0.3) is 5.91 Å². The van der Waals surface area contributed by atoms with Gasteiger partial charge in [-0.05, 0) is 43.7 Å². The van der Waals surface area contributed by atoms with E-state index in [0.717, 1.165) is 0 Å². The molecule has 0 unspecified atom stereocenters. The molecule has 1 aliphatic rings. The minimum atomic E-state index is -1.02. The van der Waals surface area contributed by atoms with E-state index < -0.39 is 11.8 Å². The number of halogens is 1. The Labute approximate surface area is 125 Å². The third-order valence-corrected chi connectivity index (χ3v) is 3.74. The van der Waals surface area contributed by atoms with E-state index >= 15 is 0 Å². The molecule has 1 aliphatic heterocycles. The lowest BCUT2D eigenvalue weighted by molar-refractivity contribution is -0.110. The first-order valence-corrected chi connectivity index (χ1v) is 6.64. The zero-order chi connectivity index (χ0) is 16.0. The number of aromatic amines is 1. The Hall–Kier alpha value is -2.89. The molecule has 0 fully saturated rings. The number of H-pyrrole nitrogens is 1. The lowest BCUT2D eigenvalue weighted by atomic mass is 10.0. The number of aromatic carboxylic acids is 1. The number of carbonyl (C=O) groups is 2. The Morgan fingerprint density at radius 2 is 2.05 bits per heavy atom. The molecule has 3 N–H and O–H groups in total. The van der Waals surface area contributed by atoms with Crippen LogP contribution in [-0.2, 0) is 4.79 Å². The van der Waals surface area contributed by atoms with Gasteiger partial charge in [-0.1, -0.05) is 0 Å². The molecule has 112 valence electrons. The second-order valence-corrected chi connectivity index (χ2v) is 5.17. The quantitative estimate of drug-likeness (QED) is 0.746. The number of amides is 1. The molecular formula is C16H13FN2O3. The molecule has 22 heavy (non-hydrogen) atoms. The Morgan fingerprint density at radius 1 is 1.32 bits per heavy atom. The topological polar surface area (TPSA) is 82.2 Å². The van der Waals surface area contributed by atoms with Gasteiger partial charge in [-0.3, -0.25) is 4.79 Å². The summed E-state index contributed by atoms with van der Waals surface area (Å²) in [5.74, 6) is -1.79. The highest BCUT2D eigenvalue weighted by molar-refractivity contribution is 6.34. The molecule has 6 heteroatoms. The van der Waals surface area contributed by atoms with Crippen LogP contribution in [0.25, 0.3) is 11.6 Å². The van der Waals surface area contributed by atoms with Crippen molar-refractivity contribution in [1.29, 1.82) is 0 Å². The molecule has 0 atom stereocenters. The van der Waals surface area contributed by atoms with Gasteiger partial charge in [-0.15, -0.1) is 0 Å². The van der Waals surface area contributed by atoms with Crippen molar-refractivity contribution < 1.29 is 19.1 Å². The lowest BCUT2D eigenvalue weighted by Crippen LogP contribution is -2.03. The van der Waals surface area contributed by atoms with E-state index in [9.17, 15) is 19.1 Å². The highest BCUT2D eigenvalue weighted by Crippen LogP contribution is 2.34. The predicted molar refractivity (Wildman–Crippen MR) is 80.1 cm³/mol. The molecule has 0 saturated heterocycles. The molecule has 0 saturated carbocycles. The first-order valence-electron chi connectivity index (χ1n) is 6.64. The Bertz CT molecular complexity index is 849. The van der Waals surface area contributed by atoms with Gasteiger partial charge in [0.15, 0.2) is 0 Å². The molecular weight excluding hydrogens is 287 g/mol. The summed E-state index contributed by atoms with van der Waals surface area (Å²) in [7, 11) is 0. The van der Waals surface area contributed by atoms with Crippen LogP contribution in [0.1, 0.15) is 32.9 Å². The van der Waals surface area contributed by atoms with Gasteiger partial charge in [0.1, 0.15) is 5.82 Å². The van der Waals surface area contributed by atoms with Gasteiger partial charge in [0, 0.05) is 17.0 Å². The van der Waals surface area contributed by atoms with E-state index in [2.05, 4.69) is 10.3 Å². The number of hydrogen-bond donors (Lipinski definition) is 3. The summed E-state index contributed by atoms with van der Waals surface area (Å²) >= 11 is 0. The smallest absolute Gasteiger partial charge is 0.337 e. The maximum Gasteiger partial charge on any atom is 0.337 e. The number of fused-ring (bicyclic) bond motifs is 1. The molecule has 0 radical (unpaired) electrons. The minimum absolute atomic E-state index is 0.199. The van der Waals surface area contributed by atoms with E-state index in [1.807, 2.05) is 0 Å². The van der Waals surface area contributed by atoms with E-state index in [4.69, 9.17) is 0 Å². The fraction of sp³-hybridized carbons (Fsp3) is 0.125. The van der Waals surface area contributed by atoms with Gasteiger partial charge in [-0.2, -0.15) is 0 Å². The average molecular weight is 300 g/mol. The first kappa shape index (κ1) is 14.1. The van der Waals surface area contributed by atoms with Crippen LogP contribution in [-0.4, -0.2) is 22.0 Å². The second-order valence-electron chi connectivity index (χ2n) is 5.17. The molecule has 1 amide bonds. The van der Waals surface area contributed by atoms with Crippen molar-refractivity contribution in [2.75, 3.05) is 5.32 Å². The second kappa shape index (κ2) is 4.84. The molecule has 2 heterocycles. The SMILES string of the molecule is Cc1[nH]c(/C=C2\C(=O)Nc3cc(F)ccc32)c(C)c1C(=O)O. The Kier molecular flexibility index (Phi) is 3.09. The summed E-state index contributed by atoms with van der Waals surface area (Å²) in [4.78, 5) is 26.3. The maximum atomic E-state index is 13.2. The summed E-state index contributed by atoms with van der Waals surface area (Å²) < 4.78 is 13.2. The van der Waals surface area contributed by atoms with Gasteiger partial charge in [0.2, 0.25) is 0 Å². The fourth-order valence-corrected chi connectivity index (χ4v) is 2.69. The molecule has 0 spiro atoms. The van der Waals surface area contributed by atoms with Crippen molar-refractivity contribution in [2.45, 2.75) is 13.8 Å². The number of hydrogen-bond acceptors (Lipinski definition) is 2. The van der Waals surface area contributed by atoms with Gasteiger partial charge in [0.05, 0.1) is 16.8 Å². The van der Waals surface area contributed by atoms with Crippen molar-refractivity contribution in [3.8, 4) is 0 Å². The predicted octanol–water partition coefficient (Wildman–Crippen LogP) is 2.96. The lowest BCUT2D eigenvalue weighted by Gasteiger charge is -1.99. The summed E-state index contributed by atoms with van der Waals surface area (Å²) in [6.45, 7) is 3.34. The van der Waals surface area contributed by atoms with Gasteiger partial charge >= 0.3 is 5.97 Å². The number of benzene rings is 1. The zero-order valence-corrected chi connectivity index (χ0v) is 12.0. The van der Waals surface area contributed by atoms with Gasteiger partial charge < -0.3 is 15.4 Å². The Balaban J connectivity index is 2.13. The number of aryl methyl sites for hydroxylation is 1. The monoisotopic (exact) mass is 300 g/mol. The highest BCUT2D eigenvalue weighted by Gasteiger charge is 2.25. The zero-order valence-electron chi connectivity index (χ0n) is 12.0. The molecule has 5 nitrogen and oxygen atoms in total. The van der Waals surface area contributed by atoms with Crippen molar-refractivity contribution in [3.05, 3.63) is 52.1 Å². The number of carbonyl (C=O) groups excluding carboxylic acids is 1. The third-order valence-electron chi connectivity index (χ3n) is 3.74. The molecule has 3 rings (SSSR count). The largest absolute Gasteiger partial charge is 0.478 e. The van der Waals surface area contributed by atoms with Crippen LogP contribution < -0.4 is 5.32 Å². The Morgan fingerprint density at radius 3 is 2.68 bits per heavy atom. The molecule has 2 aromatic rings. The summed E-state index contributed by atoms with van der Waals surface area (Å²) in [5.41, 5.74) is 3.21. The summed E-state index contributed by atoms with van der Waals surface area (Å²) in [5, 5.41) is 11.8. The fourth-order valence-electron chi connectivity index (χ4n) is 2.69. The van der Waals surface area contributed by atoms with E-state index in [1.165, 1.54) is 18.2 Å². The first-order chi connectivity index (χ1) is 10.4. The molecule has 0 bridgehead atoms. The van der Waals surface area contributed by atoms with Crippen LogP contribution >= 0.6 is 0 Å². The number of carboxylic acid groups (broad SMARTS) is 1. The minimum Gasteiger partial charge on any atom is -0.478 e. The number of aromatic nitrogens is 1. The van der Waals surface area contributed by atoms with Crippen molar-refractivity contribution in [3.63, 3.8) is 0 Å². The van der Waals surface area contributed by atoms with Crippen LogP contribution in [0, 0.1) is 19.7 Å². The van der Waals surface area contributed by atoms with Crippen LogP contribution in [0.3, 0.4) is 0 Å². The van der Waals surface area contributed by atoms with Crippen LogP contribution in [0.5, 0.6) is 0 Å². The normalized spacial score (nSPS) is 15.0. The summed E-state index contributed by atoms with van der Waals surface area (Å²) in [6, 6.07) is 4.06. The number of carboxylic acids is 1. The van der Waals surface area contributed by atoms with E-state index in [-0.39, 0.29) is 11.5 Å². The average Bonchev–Trinajstić information content (AvgIpc) is 2.87. The van der Waals surface area contributed by atoms with Crippen molar-refractivity contribution in [1.82, 2.24) is 4.98 Å². The van der Waals surface area contributed by atoms with Crippen molar-refractivity contribution in [2.24, 2.45) is 0 Å². The van der Waals surface area contributed by atoms with E-state index in [0.29, 0.717) is 33.8 Å². The summed E-state index contributed by atoms with van der Waals surface area (Å²) in [6.07, 6.45) is 1.59. The standard InChI is InChI=1S/C16H13FN2O3/c1-7-12(18-8(2)14(7)16(21)22)6-11-10-4-3-9(17)5-13(10)19-15(11)20/h3-6,18H,1-2H3,(H,19,20)(H,21,22)/b11-6-. The van der Waals surface area contributed by atoms with Crippen LogP contribution in [0.15, 0.2) is 18.2 Å². The third kappa shape index (κ3) is 2.09. The van der Waals surface area contributed by atoms with E-state index in [1.54, 1.807) is 19.9 Å². The molecule has 1 aromatic heterocycles. The maximum absolute atomic E-state index is 13.2. The molecule has 0 aliphatic carbocycles. The van der Waals surface area contributed by atoms with Crippen LogP contribution in [0.4, 0.5) is 10.1 Å². The molecule has 1 aromatic carbocycles. The number of nitrogens with one attached hydrogen (secondary N) is 2. The number of anilines is 1.